The fourth-order valence-electron chi connectivity index (χ4n) is 2.29. The maximum Gasteiger partial charge on any atom is 0.408 e. The third kappa shape index (κ3) is 4.91. The molecule has 100 valence electrons. The molecule has 0 bridgehead atoms. The lowest BCUT2D eigenvalue weighted by Gasteiger charge is -2.38. The average Bonchev–Trinajstić information content (AvgIpc) is 2.15. The Morgan fingerprint density at radius 1 is 1.29 bits per heavy atom. The molecular formula is C12H25N3O2. The van der Waals surface area contributed by atoms with Gasteiger partial charge in [0.15, 0.2) is 0 Å². The van der Waals surface area contributed by atoms with Crippen molar-refractivity contribution >= 4 is 6.09 Å². The van der Waals surface area contributed by atoms with Gasteiger partial charge >= 0.3 is 6.09 Å². The van der Waals surface area contributed by atoms with Crippen molar-refractivity contribution in [3.8, 4) is 0 Å². The SMILES string of the molecule is CC(C)(C)OC(=O)NC1(CNN)CCCCC1. The van der Waals surface area contributed by atoms with Crippen molar-refractivity contribution < 1.29 is 9.53 Å². The van der Waals surface area contributed by atoms with Crippen LogP contribution in [0, 0.1) is 0 Å². The van der Waals surface area contributed by atoms with Gasteiger partial charge in [-0.15, -0.1) is 0 Å². The highest BCUT2D eigenvalue weighted by atomic mass is 16.6. The van der Waals surface area contributed by atoms with Crippen molar-refractivity contribution in [1.29, 1.82) is 0 Å². The van der Waals surface area contributed by atoms with Gasteiger partial charge in [-0.3, -0.25) is 11.3 Å². The summed E-state index contributed by atoms with van der Waals surface area (Å²) in [6.45, 7) is 6.18. The van der Waals surface area contributed by atoms with Crippen LogP contribution in [0.2, 0.25) is 0 Å². The summed E-state index contributed by atoms with van der Waals surface area (Å²) in [5, 5.41) is 2.99. The van der Waals surface area contributed by atoms with E-state index in [1.54, 1.807) is 0 Å². The predicted molar refractivity (Wildman–Crippen MR) is 67.4 cm³/mol. The number of rotatable bonds is 3. The number of hydrogen-bond acceptors (Lipinski definition) is 4. The second-order valence-corrected chi connectivity index (χ2v) is 5.85. The zero-order valence-electron chi connectivity index (χ0n) is 11.1. The van der Waals surface area contributed by atoms with Gasteiger partial charge in [-0.1, -0.05) is 19.3 Å². The van der Waals surface area contributed by atoms with Crippen LogP contribution >= 0.6 is 0 Å². The molecule has 1 fully saturated rings. The van der Waals surface area contributed by atoms with Gasteiger partial charge in [0.25, 0.3) is 0 Å². The van der Waals surface area contributed by atoms with E-state index in [9.17, 15) is 4.79 Å². The van der Waals surface area contributed by atoms with E-state index in [0.717, 1.165) is 25.7 Å². The number of hydrazine groups is 1. The Kier molecular flexibility index (Phi) is 4.77. The lowest BCUT2D eigenvalue weighted by Crippen LogP contribution is -2.57. The molecule has 4 N–H and O–H groups in total. The summed E-state index contributed by atoms with van der Waals surface area (Å²) in [5.41, 5.74) is 1.97. The Hall–Kier alpha value is -0.810. The number of ether oxygens (including phenoxy) is 1. The Morgan fingerprint density at radius 3 is 2.35 bits per heavy atom. The summed E-state index contributed by atoms with van der Waals surface area (Å²) in [6.07, 6.45) is 5.03. The van der Waals surface area contributed by atoms with Crippen molar-refractivity contribution in [2.45, 2.75) is 64.0 Å². The number of alkyl carbamates (subject to hydrolysis) is 1. The zero-order chi connectivity index (χ0) is 12.9. The molecule has 0 heterocycles. The highest BCUT2D eigenvalue weighted by Gasteiger charge is 2.34. The molecular weight excluding hydrogens is 218 g/mol. The van der Waals surface area contributed by atoms with E-state index in [2.05, 4.69) is 10.7 Å². The molecule has 0 aromatic rings. The number of amides is 1. The highest BCUT2D eigenvalue weighted by molar-refractivity contribution is 5.68. The lowest BCUT2D eigenvalue weighted by molar-refractivity contribution is 0.0424. The fraction of sp³-hybridized carbons (Fsp3) is 0.917. The quantitative estimate of drug-likeness (QED) is 0.520. The van der Waals surface area contributed by atoms with Crippen LogP contribution in [0.25, 0.3) is 0 Å². The molecule has 5 nitrogen and oxygen atoms in total. The lowest BCUT2D eigenvalue weighted by atomic mass is 9.82. The van der Waals surface area contributed by atoms with Gasteiger partial charge in [0.2, 0.25) is 0 Å². The van der Waals surface area contributed by atoms with Gasteiger partial charge in [0.05, 0.1) is 5.54 Å². The maximum absolute atomic E-state index is 11.8. The van der Waals surface area contributed by atoms with Crippen molar-refractivity contribution in [2.24, 2.45) is 5.84 Å². The van der Waals surface area contributed by atoms with Crippen LogP contribution in [-0.2, 0) is 4.74 Å². The van der Waals surface area contributed by atoms with E-state index >= 15 is 0 Å². The molecule has 0 aromatic heterocycles. The number of carbonyl (C=O) groups excluding carboxylic acids is 1. The van der Waals surface area contributed by atoms with Crippen LogP contribution in [0.15, 0.2) is 0 Å². The number of nitrogens with one attached hydrogen (secondary N) is 2. The minimum atomic E-state index is -0.462. The third-order valence-corrected chi connectivity index (χ3v) is 3.02. The predicted octanol–water partition coefficient (Wildman–Crippen LogP) is 1.68. The fourth-order valence-corrected chi connectivity index (χ4v) is 2.29. The van der Waals surface area contributed by atoms with Gasteiger partial charge in [0, 0.05) is 6.54 Å². The maximum atomic E-state index is 11.8. The van der Waals surface area contributed by atoms with E-state index in [1.165, 1.54) is 6.42 Å². The topological polar surface area (TPSA) is 76.4 Å². The van der Waals surface area contributed by atoms with Crippen LogP contribution in [0.5, 0.6) is 0 Å². The number of nitrogens with two attached hydrogens (primary N) is 1. The van der Waals surface area contributed by atoms with Crippen molar-refractivity contribution in [3.05, 3.63) is 0 Å². The largest absolute Gasteiger partial charge is 0.444 e. The van der Waals surface area contributed by atoms with Crippen molar-refractivity contribution in [2.75, 3.05) is 6.54 Å². The molecule has 1 aliphatic carbocycles. The molecule has 0 radical (unpaired) electrons. The molecule has 0 unspecified atom stereocenters. The van der Waals surface area contributed by atoms with Crippen LogP contribution in [0.3, 0.4) is 0 Å². The zero-order valence-corrected chi connectivity index (χ0v) is 11.1. The third-order valence-electron chi connectivity index (χ3n) is 3.02. The normalized spacial score (nSPS) is 19.8. The summed E-state index contributed by atoms with van der Waals surface area (Å²) < 4.78 is 5.29. The first-order valence-electron chi connectivity index (χ1n) is 6.32. The summed E-state index contributed by atoms with van der Waals surface area (Å²) in [7, 11) is 0. The molecule has 17 heavy (non-hydrogen) atoms. The van der Waals surface area contributed by atoms with Crippen LogP contribution < -0.4 is 16.6 Å². The molecule has 1 saturated carbocycles. The van der Waals surface area contributed by atoms with Crippen LogP contribution in [-0.4, -0.2) is 23.8 Å². The second-order valence-electron chi connectivity index (χ2n) is 5.85. The average molecular weight is 243 g/mol. The molecule has 0 aliphatic heterocycles. The monoisotopic (exact) mass is 243 g/mol. The summed E-state index contributed by atoms with van der Waals surface area (Å²) in [6, 6.07) is 0. The summed E-state index contributed by atoms with van der Waals surface area (Å²) >= 11 is 0. The summed E-state index contributed by atoms with van der Waals surface area (Å²) in [5.74, 6) is 5.41. The molecule has 1 aliphatic rings. The van der Waals surface area contributed by atoms with Crippen LogP contribution in [0.1, 0.15) is 52.9 Å². The van der Waals surface area contributed by atoms with E-state index in [-0.39, 0.29) is 11.6 Å². The first-order valence-corrected chi connectivity index (χ1v) is 6.32. The number of carbonyl (C=O) groups is 1. The minimum absolute atomic E-state index is 0.241. The Bertz CT molecular complexity index is 249. The molecule has 0 aromatic carbocycles. The second kappa shape index (κ2) is 5.69. The summed E-state index contributed by atoms with van der Waals surface area (Å²) in [4.78, 5) is 11.8. The van der Waals surface area contributed by atoms with Gasteiger partial charge in [-0.2, -0.15) is 0 Å². The first-order chi connectivity index (χ1) is 7.87. The molecule has 0 atom stereocenters. The van der Waals surface area contributed by atoms with E-state index in [1.807, 2.05) is 20.8 Å². The van der Waals surface area contributed by atoms with Gasteiger partial charge in [0.1, 0.15) is 5.60 Å². The van der Waals surface area contributed by atoms with Crippen LogP contribution in [0.4, 0.5) is 4.79 Å². The molecule has 1 rings (SSSR count). The smallest absolute Gasteiger partial charge is 0.408 e. The standard InChI is InChI=1S/C12H25N3O2/c1-11(2,3)17-10(16)15-12(9-14-13)7-5-4-6-8-12/h14H,4-9,13H2,1-3H3,(H,15,16). The minimum Gasteiger partial charge on any atom is -0.444 e. The molecule has 0 spiro atoms. The molecule has 0 saturated heterocycles. The van der Waals surface area contributed by atoms with Gasteiger partial charge in [-0.05, 0) is 33.6 Å². The molecule has 1 amide bonds. The Morgan fingerprint density at radius 2 is 1.88 bits per heavy atom. The number of hydrogen-bond donors (Lipinski definition) is 3. The molecule has 5 heteroatoms. The highest BCUT2D eigenvalue weighted by Crippen LogP contribution is 2.28. The van der Waals surface area contributed by atoms with E-state index < -0.39 is 5.60 Å². The van der Waals surface area contributed by atoms with Crippen molar-refractivity contribution in [1.82, 2.24) is 10.7 Å². The first kappa shape index (κ1) is 14.3. The Balaban J connectivity index is 2.57. The van der Waals surface area contributed by atoms with E-state index in [0.29, 0.717) is 6.54 Å². The van der Waals surface area contributed by atoms with Crippen molar-refractivity contribution in [3.63, 3.8) is 0 Å². The van der Waals surface area contributed by atoms with E-state index in [4.69, 9.17) is 10.6 Å². The van der Waals surface area contributed by atoms with Gasteiger partial charge in [-0.25, -0.2) is 4.79 Å². The Labute approximate surface area is 103 Å². The van der Waals surface area contributed by atoms with Gasteiger partial charge < -0.3 is 10.1 Å².